The van der Waals surface area contributed by atoms with E-state index >= 15 is 0 Å². The molecule has 0 aliphatic carbocycles. The lowest BCUT2D eigenvalue weighted by molar-refractivity contribution is 0.0742. The van der Waals surface area contributed by atoms with Crippen molar-refractivity contribution >= 4 is 33.8 Å². The Hall–Kier alpha value is -3.00. The van der Waals surface area contributed by atoms with E-state index in [0.717, 1.165) is 11.4 Å². The van der Waals surface area contributed by atoms with Gasteiger partial charge in [-0.3, -0.25) is 9.78 Å². The second kappa shape index (κ2) is 7.71. The monoisotopic (exact) mass is 383 g/mol. The van der Waals surface area contributed by atoms with Crippen molar-refractivity contribution in [3.63, 3.8) is 0 Å². The molecule has 1 aromatic carbocycles. The first-order valence-electron chi connectivity index (χ1n) is 8.61. The van der Waals surface area contributed by atoms with Crippen LogP contribution in [0.2, 0.25) is 0 Å². The zero-order valence-electron chi connectivity index (χ0n) is 14.5. The van der Waals surface area contributed by atoms with Crippen molar-refractivity contribution in [2.45, 2.75) is 0 Å². The second-order valence-corrected chi connectivity index (χ2v) is 7.02. The zero-order valence-corrected chi connectivity index (χ0v) is 15.3. The van der Waals surface area contributed by atoms with Gasteiger partial charge in [0.25, 0.3) is 5.91 Å². The number of benzene rings is 1. The smallest absolute Gasteiger partial charge is 0.273 e. The average Bonchev–Trinajstić information content (AvgIpc) is 3.17. The Kier molecular flexibility index (Phi) is 4.97. The minimum absolute atomic E-state index is 0.0655. The largest absolute Gasteiger partial charge is 0.368 e. The molecule has 0 radical (unpaired) electrons. The van der Waals surface area contributed by atoms with E-state index in [1.54, 1.807) is 29.9 Å². The first-order chi connectivity index (χ1) is 13.2. The highest BCUT2D eigenvalue weighted by Crippen LogP contribution is 2.22. The number of aromatic nitrogens is 2. The van der Waals surface area contributed by atoms with E-state index in [-0.39, 0.29) is 11.7 Å². The fourth-order valence-electron chi connectivity index (χ4n) is 2.97. The van der Waals surface area contributed by atoms with Crippen LogP contribution in [0.15, 0.2) is 54.2 Å². The normalized spacial score (nSPS) is 14.3. The lowest BCUT2D eigenvalue weighted by atomic mass is 10.2. The molecule has 3 aromatic rings. The molecule has 1 N–H and O–H groups in total. The standard InChI is InChI=1S/C19H18FN5OS/c20-14-3-5-16(6-4-14)24-8-10-25(11-9-24)18(26)17-13-27-19(23-17)22-15-2-1-7-21-12-15/h1-7,12-13H,8-11H2,(H,22,23). The summed E-state index contributed by atoms with van der Waals surface area (Å²) in [5.74, 6) is -0.309. The molecule has 27 heavy (non-hydrogen) atoms. The summed E-state index contributed by atoms with van der Waals surface area (Å²) in [6, 6.07) is 10.2. The van der Waals surface area contributed by atoms with Gasteiger partial charge in [0.15, 0.2) is 5.13 Å². The molecule has 6 nitrogen and oxygen atoms in total. The van der Waals surface area contributed by atoms with Gasteiger partial charge in [0, 0.05) is 43.4 Å². The topological polar surface area (TPSA) is 61.4 Å². The molecule has 1 aliphatic rings. The van der Waals surface area contributed by atoms with Gasteiger partial charge in [-0.25, -0.2) is 9.37 Å². The summed E-state index contributed by atoms with van der Waals surface area (Å²) in [5.41, 5.74) is 2.25. The van der Waals surface area contributed by atoms with E-state index in [0.29, 0.717) is 37.0 Å². The summed E-state index contributed by atoms with van der Waals surface area (Å²) in [4.78, 5) is 25.1. The number of halogens is 1. The minimum Gasteiger partial charge on any atom is -0.368 e. The van der Waals surface area contributed by atoms with E-state index in [9.17, 15) is 9.18 Å². The molecule has 3 heterocycles. The van der Waals surface area contributed by atoms with Crippen molar-refractivity contribution in [1.29, 1.82) is 0 Å². The third kappa shape index (κ3) is 4.06. The summed E-state index contributed by atoms with van der Waals surface area (Å²) in [6.07, 6.45) is 3.41. The van der Waals surface area contributed by atoms with Crippen molar-refractivity contribution in [3.05, 3.63) is 65.7 Å². The molecule has 0 unspecified atom stereocenters. The maximum absolute atomic E-state index is 13.1. The Balaban J connectivity index is 1.36. The number of nitrogens with one attached hydrogen (secondary N) is 1. The van der Waals surface area contributed by atoms with Gasteiger partial charge in [-0.2, -0.15) is 0 Å². The Labute approximate surface area is 160 Å². The van der Waals surface area contributed by atoms with E-state index in [1.165, 1.54) is 23.5 Å². The van der Waals surface area contributed by atoms with Gasteiger partial charge in [0.2, 0.25) is 0 Å². The molecule has 8 heteroatoms. The third-order valence-electron chi connectivity index (χ3n) is 4.39. The number of hydrogen-bond donors (Lipinski definition) is 1. The second-order valence-electron chi connectivity index (χ2n) is 6.16. The van der Waals surface area contributed by atoms with Crippen LogP contribution in [0.4, 0.5) is 20.9 Å². The predicted octanol–water partition coefficient (Wildman–Crippen LogP) is 3.38. The van der Waals surface area contributed by atoms with Crippen molar-refractivity contribution in [3.8, 4) is 0 Å². The minimum atomic E-state index is -0.244. The molecule has 1 aliphatic heterocycles. The number of rotatable bonds is 4. The zero-order chi connectivity index (χ0) is 18.6. The third-order valence-corrected chi connectivity index (χ3v) is 5.15. The van der Waals surface area contributed by atoms with E-state index in [1.807, 2.05) is 17.0 Å². The number of piperazine rings is 1. The molecule has 1 amide bonds. The summed E-state index contributed by atoms with van der Waals surface area (Å²) in [7, 11) is 0. The van der Waals surface area contributed by atoms with Crippen LogP contribution in [0.3, 0.4) is 0 Å². The molecule has 2 aromatic heterocycles. The van der Waals surface area contributed by atoms with Crippen LogP contribution in [0, 0.1) is 5.82 Å². The lowest BCUT2D eigenvalue weighted by Crippen LogP contribution is -2.48. The number of hydrogen-bond acceptors (Lipinski definition) is 6. The number of amides is 1. The Morgan fingerprint density at radius 2 is 1.89 bits per heavy atom. The first kappa shape index (κ1) is 17.4. The Morgan fingerprint density at radius 3 is 2.59 bits per heavy atom. The van der Waals surface area contributed by atoms with Crippen molar-refractivity contribution in [2.75, 3.05) is 36.4 Å². The first-order valence-corrected chi connectivity index (χ1v) is 9.49. The SMILES string of the molecule is O=C(c1csc(Nc2cccnc2)n1)N1CCN(c2ccc(F)cc2)CC1. The average molecular weight is 383 g/mol. The van der Waals surface area contributed by atoms with Crippen LogP contribution in [-0.4, -0.2) is 47.0 Å². The molecule has 138 valence electrons. The fourth-order valence-corrected chi connectivity index (χ4v) is 3.68. The van der Waals surface area contributed by atoms with Crippen LogP contribution >= 0.6 is 11.3 Å². The molecule has 0 saturated carbocycles. The van der Waals surface area contributed by atoms with Crippen LogP contribution < -0.4 is 10.2 Å². The summed E-state index contributed by atoms with van der Waals surface area (Å²) in [6.45, 7) is 2.64. The molecule has 1 saturated heterocycles. The van der Waals surface area contributed by atoms with Gasteiger partial charge < -0.3 is 15.1 Å². The van der Waals surface area contributed by atoms with Gasteiger partial charge in [-0.05, 0) is 36.4 Å². The molecule has 4 rings (SSSR count). The van der Waals surface area contributed by atoms with Crippen LogP contribution in [0.1, 0.15) is 10.5 Å². The molecule has 0 atom stereocenters. The van der Waals surface area contributed by atoms with Gasteiger partial charge in [-0.15, -0.1) is 11.3 Å². The Bertz CT molecular complexity index is 907. The number of anilines is 3. The maximum Gasteiger partial charge on any atom is 0.273 e. The van der Waals surface area contributed by atoms with E-state index in [2.05, 4.69) is 20.2 Å². The molecule has 0 spiro atoms. The maximum atomic E-state index is 13.1. The van der Waals surface area contributed by atoms with Gasteiger partial charge in [0.1, 0.15) is 11.5 Å². The molecular weight excluding hydrogens is 365 g/mol. The number of thiazole rings is 1. The number of carbonyl (C=O) groups excluding carboxylic acids is 1. The summed E-state index contributed by atoms with van der Waals surface area (Å²) >= 11 is 1.39. The van der Waals surface area contributed by atoms with Crippen LogP contribution in [0.25, 0.3) is 0 Å². The number of pyridine rings is 1. The highest BCUT2D eigenvalue weighted by Gasteiger charge is 2.24. The molecule has 1 fully saturated rings. The predicted molar refractivity (Wildman–Crippen MR) is 104 cm³/mol. The Morgan fingerprint density at radius 1 is 1.11 bits per heavy atom. The number of nitrogens with zero attached hydrogens (tertiary/aromatic N) is 4. The van der Waals surface area contributed by atoms with Crippen molar-refractivity contribution in [1.82, 2.24) is 14.9 Å². The van der Waals surface area contributed by atoms with Gasteiger partial charge >= 0.3 is 0 Å². The van der Waals surface area contributed by atoms with Crippen molar-refractivity contribution in [2.24, 2.45) is 0 Å². The lowest BCUT2D eigenvalue weighted by Gasteiger charge is -2.35. The van der Waals surface area contributed by atoms with Crippen molar-refractivity contribution < 1.29 is 9.18 Å². The van der Waals surface area contributed by atoms with Gasteiger partial charge in [0.05, 0.1) is 11.9 Å². The van der Waals surface area contributed by atoms with Crippen LogP contribution in [0.5, 0.6) is 0 Å². The van der Waals surface area contributed by atoms with Crippen LogP contribution in [-0.2, 0) is 0 Å². The summed E-state index contributed by atoms with van der Waals surface area (Å²) < 4.78 is 13.1. The van der Waals surface area contributed by atoms with E-state index in [4.69, 9.17) is 0 Å². The highest BCUT2D eigenvalue weighted by atomic mass is 32.1. The quantitative estimate of drug-likeness (QED) is 0.748. The summed E-state index contributed by atoms with van der Waals surface area (Å²) in [5, 5.41) is 5.58. The molecule has 0 bridgehead atoms. The van der Waals surface area contributed by atoms with E-state index < -0.39 is 0 Å². The number of carbonyl (C=O) groups is 1. The molecular formula is C19H18FN5OS. The highest BCUT2D eigenvalue weighted by molar-refractivity contribution is 7.14. The fraction of sp³-hybridized carbons (Fsp3) is 0.211. The van der Waals surface area contributed by atoms with Gasteiger partial charge in [-0.1, -0.05) is 0 Å².